The third-order valence-electron chi connectivity index (χ3n) is 4.47. The second-order valence-corrected chi connectivity index (χ2v) is 7.20. The maximum Gasteiger partial charge on any atom is 0.343 e. The number of thiophene rings is 1. The van der Waals surface area contributed by atoms with Crippen molar-refractivity contribution in [3.8, 4) is 0 Å². The zero-order valence-electron chi connectivity index (χ0n) is 13.5. The van der Waals surface area contributed by atoms with Crippen molar-refractivity contribution in [3.63, 3.8) is 0 Å². The van der Waals surface area contributed by atoms with Gasteiger partial charge in [-0.25, -0.2) is 18.7 Å². The van der Waals surface area contributed by atoms with Crippen LogP contribution in [0.2, 0.25) is 0 Å². The van der Waals surface area contributed by atoms with Crippen molar-refractivity contribution in [2.24, 2.45) is 0 Å². The predicted molar refractivity (Wildman–Crippen MR) is 91.3 cm³/mol. The maximum atomic E-state index is 13.0. The Kier molecular flexibility index (Phi) is 3.71. The van der Waals surface area contributed by atoms with Crippen LogP contribution in [0, 0.1) is 6.92 Å². The Morgan fingerprint density at radius 1 is 1.36 bits per heavy atom. The zero-order valence-corrected chi connectivity index (χ0v) is 14.3. The quantitative estimate of drug-likeness (QED) is 0.723. The lowest BCUT2D eigenvalue weighted by atomic mass is 10.2. The highest BCUT2D eigenvalue weighted by atomic mass is 32.1. The third-order valence-corrected chi connectivity index (χ3v) is 5.77. The largest absolute Gasteiger partial charge is 0.343 e. The van der Waals surface area contributed by atoms with E-state index in [1.807, 2.05) is 0 Å². The highest BCUT2D eigenvalue weighted by Crippen LogP contribution is 2.34. The highest BCUT2D eigenvalue weighted by Gasteiger charge is 2.30. The van der Waals surface area contributed by atoms with Crippen molar-refractivity contribution >= 4 is 21.6 Å². The first kappa shape index (κ1) is 16.0. The summed E-state index contributed by atoms with van der Waals surface area (Å²) in [5.74, 6) is 0. The number of nitrogens with one attached hydrogen (secondary N) is 1. The van der Waals surface area contributed by atoms with Gasteiger partial charge in [0.2, 0.25) is 0 Å². The van der Waals surface area contributed by atoms with E-state index in [-0.39, 0.29) is 30.4 Å². The monoisotopic (exact) mass is 365 g/mol. The zero-order chi connectivity index (χ0) is 17.7. The summed E-state index contributed by atoms with van der Waals surface area (Å²) in [5, 5.41) is 4.35. The fourth-order valence-corrected chi connectivity index (χ4v) is 4.32. The van der Waals surface area contributed by atoms with Gasteiger partial charge in [-0.3, -0.25) is 18.9 Å². The summed E-state index contributed by atoms with van der Waals surface area (Å²) >= 11 is 1.24. The fraction of sp³-hybridized carbons (Fsp3) is 0.467. The van der Waals surface area contributed by atoms with Gasteiger partial charge in [-0.15, -0.1) is 11.3 Å². The molecule has 3 heterocycles. The van der Waals surface area contributed by atoms with Crippen LogP contribution in [-0.2, 0) is 13.1 Å². The van der Waals surface area contributed by atoms with E-state index in [0.29, 0.717) is 15.8 Å². The van der Waals surface area contributed by atoms with E-state index in [2.05, 4.69) is 10.1 Å². The Bertz CT molecular complexity index is 1130. The molecule has 10 heteroatoms. The molecule has 0 amide bonds. The standard InChI is InChI=1S/C15H16FN5O3S/c1-8-10(6-20-14(23)17-7-18-20)25-13-11(8)12(22)21(9-2-3-9)15(24)19(13)5-4-16/h7,9H,2-6H2,1H3,(H,17,18,23). The second kappa shape index (κ2) is 5.80. The lowest BCUT2D eigenvalue weighted by Gasteiger charge is -2.09. The number of aromatic amines is 1. The minimum absolute atomic E-state index is 0.0908. The third kappa shape index (κ3) is 2.48. The lowest BCUT2D eigenvalue weighted by Crippen LogP contribution is -2.39. The van der Waals surface area contributed by atoms with Gasteiger partial charge in [0.15, 0.2) is 0 Å². The Balaban J connectivity index is 1.98. The van der Waals surface area contributed by atoms with E-state index in [4.69, 9.17) is 0 Å². The topological polar surface area (TPSA) is 94.7 Å². The van der Waals surface area contributed by atoms with Crippen molar-refractivity contribution in [2.75, 3.05) is 6.67 Å². The molecule has 1 fully saturated rings. The van der Waals surface area contributed by atoms with Crippen LogP contribution in [0.15, 0.2) is 20.7 Å². The number of hydrogen-bond donors (Lipinski definition) is 1. The van der Waals surface area contributed by atoms with Gasteiger partial charge in [-0.1, -0.05) is 0 Å². The van der Waals surface area contributed by atoms with Crippen LogP contribution in [0.5, 0.6) is 0 Å². The molecule has 0 atom stereocenters. The van der Waals surface area contributed by atoms with Gasteiger partial charge in [0.25, 0.3) is 5.56 Å². The molecular weight excluding hydrogens is 349 g/mol. The second-order valence-electron chi connectivity index (χ2n) is 6.11. The van der Waals surface area contributed by atoms with Crippen molar-refractivity contribution in [3.05, 3.63) is 48.1 Å². The number of nitrogens with zero attached hydrogens (tertiary/aromatic N) is 4. The Morgan fingerprint density at radius 2 is 2.12 bits per heavy atom. The van der Waals surface area contributed by atoms with Crippen LogP contribution in [0.3, 0.4) is 0 Å². The number of alkyl halides is 1. The molecule has 0 saturated heterocycles. The molecule has 132 valence electrons. The van der Waals surface area contributed by atoms with Crippen molar-refractivity contribution in [1.29, 1.82) is 0 Å². The highest BCUT2D eigenvalue weighted by molar-refractivity contribution is 7.18. The number of aromatic nitrogens is 5. The van der Waals surface area contributed by atoms with Crippen molar-refractivity contribution in [1.82, 2.24) is 23.9 Å². The first-order valence-corrected chi connectivity index (χ1v) is 8.78. The molecule has 3 aromatic rings. The van der Waals surface area contributed by atoms with Gasteiger partial charge in [0.1, 0.15) is 17.8 Å². The number of hydrogen-bond acceptors (Lipinski definition) is 5. The molecule has 0 aliphatic heterocycles. The van der Waals surface area contributed by atoms with E-state index in [9.17, 15) is 18.8 Å². The first-order valence-electron chi connectivity index (χ1n) is 7.96. The summed E-state index contributed by atoms with van der Waals surface area (Å²) in [5.41, 5.74) is -0.426. The molecule has 1 N–H and O–H groups in total. The van der Waals surface area contributed by atoms with Crippen molar-refractivity contribution in [2.45, 2.75) is 38.9 Å². The normalized spacial score (nSPS) is 14.5. The summed E-state index contributed by atoms with van der Waals surface area (Å²) in [7, 11) is 0. The van der Waals surface area contributed by atoms with Gasteiger partial charge in [-0.2, -0.15) is 5.10 Å². The molecule has 1 aliphatic carbocycles. The smallest absolute Gasteiger partial charge is 0.295 e. The summed E-state index contributed by atoms with van der Waals surface area (Å²) in [6.07, 6.45) is 2.87. The van der Waals surface area contributed by atoms with E-state index in [1.165, 1.54) is 31.5 Å². The molecule has 0 radical (unpaired) electrons. The molecule has 0 aromatic carbocycles. The Labute approximate surface area is 144 Å². The molecule has 0 spiro atoms. The molecule has 0 bridgehead atoms. The molecule has 25 heavy (non-hydrogen) atoms. The molecule has 4 rings (SSSR count). The number of H-pyrrole nitrogens is 1. The van der Waals surface area contributed by atoms with Crippen LogP contribution >= 0.6 is 11.3 Å². The molecular formula is C15H16FN5O3S. The molecule has 1 aliphatic rings. The van der Waals surface area contributed by atoms with E-state index in [1.54, 1.807) is 6.92 Å². The van der Waals surface area contributed by atoms with Crippen LogP contribution in [-0.4, -0.2) is 30.6 Å². The van der Waals surface area contributed by atoms with Gasteiger partial charge in [-0.05, 0) is 25.3 Å². The van der Waals surface area contributed by atoms with Gasteiger partial charge in [0, 0.05) is 10.9 Å². The SMILES string of the molecule is Cc1c(Cn2nc[nH]c2=O)sc2c1c(=O)n(C1CC1)c(=O)n2CCF. The molecule has 8 nitrogen and oxygen atoms in total. The van der Waals surface area contributed by atoms with Gasteiger partial charge < -0.3 is 0 Å². The van der Waals surface area contributed by atoms with Gasteiger partial charge >= 0.3 is 11.4 Å². The summed E-state index contributed by atoms with van der Waals surface area (Å²) in [4.78, 5) is 40.9. The van der Waals surface area contributed by atoms with E-state index >= 15 is 0 Å². The number of fused-ring (bicyclic) bond motifs is 1. The first-order chi connectivity index (χ1) is 12.0. The average Bonchev–Trinajstić information content (AvgIpc) is 3.24. The Morgan fingerprint density at radius 3 is 2.72 bits per heavy atom. The average molecular weight is 365 g/mol. The minimum atomic E-state index is -0.691. The minimum Gasteiger partial charge on any atom is -0.295 e. The van der Waals surface area contributed by atoms with E-state index in [0.717, 1.165) is 17.7 Å². The Hall–Kier alpha value is -2.49. The summed E-state index contributed by atoms with van der Waals surface area (Å²) in [6, 6.07) is -0.0908. The van der Waals surface area contributed by atoms with E-state index < -0.39 is 12.4 Å². The van der Waals surface area contributed by atoms with Gasteiger partial charge in [0.05, 0.1) is 18.5 Å². The summed E-state index contributed by atoms with van der Waals surface area (Å²) < 4.78 is 16.8. The number of halogens is 1. The van der Waals surface area contributed by atoms with Crippen LogP contribution in [0.4, 0.5) is 4.39 Å². The van der Waals surface area contributed by atoms with Crippen LogP contribution in [0.1, 0.15) is 29.3 Å². The predicted octanol–water partition coefficient (Wildman–Crippen LogP) is 0.771. The maximum absolute atomic E-state index is 13.0. The summed E-state index contributed by atoms with van der Waals surface area (Å²) in [6.45, 7) is 1.20. The fourth-order valence-electron chi connectivity index (χ4n) is 3.03. The van der Waals surface area contributed by atoms with Crippen LogP contribution in [0.25, 0.3) is 10.2 Å². The van der Waals surface area contributed by atoms with Crippen LogP contribution < -0.4 is 16.9 Å². The lowest BCUT2D eigenvalue weighted by molar-refractivity contribution is 0.436. The molecule has 0 unspecified atom stereocenters. The molecule has 3 aromatic heterocycles. The number of rotatable bonds is 5. The number of aryl methyl sites for hydroxylation is 2. The molecule has 1 saturated carbocycles. The van der Waals surface area contributed by atoms with Crippen molar-refractivity contribution < 1.29 is 4.39 Å².